The Labute approximate surface area is 169 Å². The predicted octanol–water partition coefficient (Wildman–Crippen LogP) is 7.98. The van der Waals surface area contributed by atoms with Crippen LogP contribution in [0.5, 0.6) is 0 Å². The molecule has 0 radical (unpaired) electrons. The van der Waals surface area contributed by atoms with Gasteiger partial charge < -0.3 is 0 Å². The number of rotatable bonds is 6. The van der Waals surface area contributed by atoms with Gasteiger partial charge in [0.25, 0.3) is 0 Å². The van der Waals surface area contributed by atoms with Gasteiger partial charge in [-0.1, -0.05) is 96.3 Å². The Hall–Kier alpha value is 0.0875. The Kier molecular flexibility index (Phi) is 6.95. The predicted molar refractivity (Wildman–Crippen MR) is 135 cm³/mol. The fourth-order valence-electron chi connectivity index (χ4n) is 5.98. The van der Waals surface area contributed by atoms with Crippen LogP contribution in [0.2, 0.25) is 78.6 Å². The molecule has 150 valence electrons. The van der Waals surface area contributed by atoms with Gasteiger partial charge in [-0.2, -0.15) is 0 Å². The second-order valence-corrected chi connectivity index (χ2v) is 35.3. The van der Waals surface area contributed by atoms with Crippen LogP contribution in [0.3, 0.4) is 0 Å². The molecule has 0 saturated heterocycles. The van der Waals surface area contributed by atoms with E-state index in [-0.39, 0.29) is 0 Å². The van der Waals surface area contributed by atoms with Crippen LogP contribution < -0.4 is 0 Å². The molecule has 26 heavy (non-hydrogen) atoms. The van der Waals surface area contributed by atoms with E-state index in [1.165, 1.54) is 5.56 Å². The largest absolute Gasteiger partial charge is 0.0693 e. The van der Waals surface area contributed by atoms with Gasteiger partial charge in [-0.3, -0.25) is 0 Å². The third kappa shape index (κ3) is 5.55. The van der Waals surface area contributed by atoms with Crippen molar-refractivity contribution in [3.05, 3.63) is 34.4 Å². The SMILES string of the molecule is Cc1cc(C([Si](C)(C)C)[Si](C)(C)C)c(C)c(C([Si](C)(C)C)[Si](C)(C)C)c1. The first-order valence-corrected chi connectivity index (χ1v) is 24.7. The summed E-state index contributed by atoms with van der Waals surface area (Å²) in [6.45, 7) is 35.9. The second-order valence-electron chi connectivity index (χ2n) is 12.9. The van der Waals surface area contributed by atoms with Crippen molar-refractivity contribution < 1.29 is 0 Å². The third-order valence-electron chi connectivity index (χ3n) is 5.72. The summed E-state index contributed by atoms with van der Waals surface area (Å²) in [6, 6.07) is 5.12. The quantitative estimate of drug-likeness (QED) is 0.407. The van der Waals surface area contributed by atoms with Gasteiger partial charge in [-0.15, -0.1) is 0 Å². The summed E-state index contributed by atoms with van der Waals surface area (Å²) in [5.41, 5.74) is 6.59. The van der Waals surface area contributed by atoms with E-state index in [9.17, 15) is 0 Å². The summed E-state index contributed by atoms with van der Waals surface area (Å²) in [4.78, 5) is 0. The molecule has 0 aliphatic rings. The van der Waals surface area contributed by atoms with E-state index < -0.39 is 32.3 Å². The molecule has 0 heterocycles. The number of aryl methyl sites for hydroxylation is 1. The van der Waals surface area contributed by atoms with E-state index in [0.717, 1.165) is 10.3 Å². The maximum atomic E-state index is 2.59. The van der Waals surface area contributed by atoms with Gasteiger partial charge in [0.1, 0.15) is 0 Å². The highest BCUT2D eigenvalue weighted by Crippen LogP contribution is 2.43. The lowest BCUT2D eigenvalue weighted by atomic mass is 10.0. The van der Waals surface area contributed by atoms with Gasteiger partial charge in [0, 0.05) is 32.3 Å². The van der Waals surface area contributed by atoms with E-state index in [2.05, 4.69) is 105 Å². The summed E-state index contributed by atoms with van der Waals surface area (Å²) in [6.07, 6.45) is 0. The fourth-order valence-corrected chi connectivity index (χ4v) is 31.7. The van der Waals surface area contributed by atoms with Crippen molar-refractivity contribution in [2.24, 2.45) is 0 Å². The van der Waals surface area contributed by atoms with Crippen molar-refractivity contribution in [3.63, 3.8) is 0 Å². The Balaban J connectivity index is 3.82. The zero-order valence-electron chi connectivity index (χ0n) is 20.3. The molecule has 0 N–H and O–H groups in total. The standard InChI is InChI=1S/C22H46Si4/c1-17-15-19(21(23(3,4)5)24(6,7)8)18(2)20(16-17)22(25(9,10)11)26(12,13)14/h15-16,21-22H,1-14H3. The molecule has 0 aliphatic heterocycles. The molecule has 0 fully saturated rings. The van der Waals surface area contributed by atoms with E-state index in [1.54, 1.807) is 16.7 Å². The van der Waals surface area contributed by atoms with Crippen molar-refractivity contribution in [2.45, 2.75) is 103 Å². The lowest BCUT2D eigenvalue weighted by Crippen LogP contribution is -2.48. The van der Waals surface area contributed by atoms with E-state index in [0.29, 0.717) is 0 Å². The number of hydrogen-bond acceptors (Lipinski definition) is 0. The van der Waals surface area contributed by atoms with Crippen LogP contribution in [0.25, 0.3) is 0 Å². The fraction of sp³-hybridized carbons (Fsp3) is 0.727. The van der Waals surface area contributed by atoms with Gasteiger partial charge >= 0.3 is 0 Å². The second kappa shape index (κ2) is 7.49. The number of benzene rings is 1. The topological polar surface area (TPSA) is 0 Å². The molecule has 0 aliphatic carbocycles. The normalized spacial score (nSPS) is 14.5. The molecule has 1 rings (SSSR count). The Bertz CT molecular complexity index is 553. The molecule has 4 heteroatoms. The molecule has 0 nitrogen and oxygen atoms in total. The van der Waals surface area contributed by atoms with Crippen LogP contribution in [0, 0.1) is 13.8 Å². The summed E-state index contributed by atoms with van der Waals surface area (Å²) in [5, 5.41) is 1.66. The van der Waals surface area contributed by atoms with Crippen LogP contribution in [-0.2, 0) is 0 Å². The highest BCUT2D eigenvalue weighted by molar-refractivity contribution is 6.97. The van der Waals surface area contributed by atoms with Crippen LogP contribution in [-0.4, -0.2) is 32.3 Å². The number of hydrogen-bond donors (Lipinski definition) is 0. The molecule has 0 atom stereocenters. The minimum atomic E-state index is -1.28. The van der Waals surface area contributed by atoms with Crippen molar-refractivity contribution in [1.29, 1.82) is 0 Å². The van der Waals surface area contributed by atoms with Gasteiger partial charge in [0.05, 0.1) is 0 Å². The van der Waals surface area contributed by atoms with Gasteiger partial charge in [-0.05, 0) is 40.9 Å². The van der Waals surface area contributed by atoms with Crippen molar-refractivity contribution in [2.75, 3.05) is 0 Å². The molecule has 1 aromatic carbocycles. The minimum Gasteiger partial charge on any atom is -0.0693 e. The van der Waals surface area contributed by atoms with Crippen LogP contribution in [0.1, 0.15) is 32.6 Å². The first kappa shape index (κ1) is 24.1. The zero-order valence-corrected chi connectivity index (χ0v) is 24.3. The highest BCUT2D eigenvalue weighted by atomic mass is 28.4. The Morgan fingerprint density at radius 2 is 0.731 bits per heavy atom. The average molecular weight is 423 g/mol. The maximum Gasteiger partial charge on any atom is 0.0493 e. The van der Waals surface area contributed by atoms with Gasteiger partial charge in [-0.25, -0.2) is 0 Å². The van der Waals surface area contributed by atoms with Crippen molar-refractivity contribution in [3.8, 4) is 0 Å². The molecule has 1 aromatic rings. The lowest BCUT2D eigenvalue weighted by Gasteiger charge is -2.43. The van der Waals surface area contributed by atoms with Crippen LogP contribution in [0.15, 0.2) is 12.1 Å². The summed E-state index contributed by atoms with van der Waals surface area (Å²) in [7, 11) is -5.13. The maximum absolute atomic E-state index is 2.59. The molecular formula is C22H46Si4. The van der Waals surface area contributed by atoms with E-state index in [1.807, 2.05) is 0 Å². The monoisotopic (exact) mass is 422 g/mol. The summed E-state index contributed by atoms with van der Waals surface area (Å²) >= 11 is 0. The average Bonchev–Trinajstić information content (AvgIpc) is 2.27. The summed E-state index contributed by atoms with van der Waals surface area (Å²) < 4.78 is 0. The first-order chi connectivity index (χ1) is 11.3. The zero-order chi connectivity index (χ0) is 20.9. The highest BCUT2D eigenvalue weighted by Gasteiger charge is 2.43. The van der Waals surface area contributed by atoms with Gasteiger partial charge in [0.15, 0.2) is 0 Å². The van der Waals surface area contributed by atoms with Crippen LogP contribution in [0.4, 0.5) is 0 Å². The molecule has 0 amide bonds. The molecule has 0 saturated carbocycles. The van der Waals surface area contributed by atoms with Crippen LogP contribution >= 0.6 is 0 Å². The van der Waals surface area contributed by atoms with Crippen molar-refractivity contribution >= 4 is 32.3 Å². The molecule has 0 bridgehead atoms. The third-order valence-corrected chi connectivity index (χ3v) is 24.3. The first-order valence-electron chi connectivity index (χ1n) is 10.4. The smallest absolute Gasteiger partial charge is 0.0493 e. The molecular weight excluding hydrogens is 377 g/mol. The van der Waals surface area contributed by atoms with Gasteiger partial charge in [0.2, 0.25) is 0 Å². The van der Waals surface area contributed by atoms with E-state index >= 15 is 0 Å². The minimum absolute atomic E-state index is 0.831. The lowest BCUT2D eigenvalue weighted by molar-refractivity contribution is 1.07. The van der Waals surface area contributed by atoms with Crippen molar-refractivity contribution in [1.82, 2.24) is 0 Å². The van der Waals surface area contributed by atoms with E-state index in [4.69, 9.17) is 0 Å². The molecule has 0 unspecified atom stereocenters. The molecule has 0 aromatic heterocycles. The molecule has 0 spiro atoms. The Morgan fingerprint density at radius 3 is 0.923 bits per heavy atom. The Morgan fingerprint density at radius 1 is 0.500 bits per heavy atom. The summed E-state index contributed by atoms with van der Waals surface area (Å²) in [5.74, 6) is 0.